The summed E-state index contributed by atoms with van der Waals surface area (Å²) in [6.45, 7) is 12.3. The lowest BCUT2D eigenvalue weighted by Crippen LogP contribution is -2.46. The Morgan fingerprint density at radius 3 is 1.72 bits per heavy atom. The summed E-state index contributed by atoms with van der Waals surface area (Å²) in [5.74, 6) is -0.462. The fourth-order valence-electron chi connectivity index (χ4n) is 7.67. The van der Waals surface area contributed by atoms with Crippen molar-refractivity contribution >= 4 is 17.9 Å². The number of likely N-dealkylation sites (N-methyl/N-ethyl adjacent to an activating group) is 1. The third-order valence-electron chi connectivity index (χ3n) is 10.6. The van der Waals surface area contributed by atoms with Crippen LogP contribution in [0.1, 0.15) is 84.0 Å². The molecule has 2 aliphatic rings. The van der Waals surface area contributed by atoms with Gasteiger partial charge in [-0.2, -0.15) is 0 Å². The summed E-state index contributed by atoms with van der Waals surface area (Å²) in [5, 5.41) is 0. The highest BCUT2D eigenvalue weighted by molar-refractivity contribution is 5.84. The van der Waals surface area contributed by atoms with Crippen LogP contribution >= 0.6 is 0 Å². The number of nitrogens with one attached hydrogen (secondary N) is 2. The van der Waals surface area contributed by atoms with Crippen LogP contribution in [0, 0.1) is 17.6 Å². The number of rotatable bonds is 12. The molecule has 4 heterocycles. The molecule has 6 rings (SSSR count). The van der Waals surface area contributed by atoms with Crippen LogP contribution in [0.2, 0.25) is 0 Å². The lowest BCUT2D eigenvalue weighted by atomic mass is 10.00. The summed E-state index contributed by atoms with van der Waals surface area (Å²) in [4.78, 5) is 59.3. The van der Waals surface area contributed by atoms with Crippen LogP contribution in [-0.4, -0.2) is 90.9 Å². The normalized spacial score (nSPS) is 18.6. The third kappa shape index (κ3) is 7.68. The molecule has 12 nitrogen and oxygen atoms in total. The fourth-order valence-corrected chi connectivity index (χ4v) is 7.67. The number of nitrogens with zero attached hydrogens (tertiary/aromatic N) is 5. The summed E-state index contributed by atoms with van der Waals surface area (Å²) in [6, 6.07) is 8.57. The molecule has 3 amide bonds. The van der Waals surface area contributed by atoms with Crippen LogP contribution in [0.5, 0.6) is 0 Å². The monoisotopic (exact) mass is 730 g/mol. The lowest BCUT2D eigenvalue weighted by molar-refractivity contribution is -0.143. The molecule has 14 heteroatoms. The van der Waals surface area contributed by atoms with Crippen LogP contribution in [0.25, 0.3) is 33.6 Å². The van der Waals surface area contributed by atoms with Crippen LogP contribution in [0.15, 0.2) is 48.8 Å². The quantitative estimate of drug-likeness (QED) is 0.149. The van der Waals surface area contributed by atoms with E-state index in [-0.39, 0.29) is 35.4 Å². The molecule has 0 saturated carbocycles. The van der Waals surface area contributed by atoms with Crippen molar-refractivity contribution in [3.63, 3.8) is 0 Å². The molecule has 0 radical (unpaired) electrons. The number of amides is 3. The minimum atomic E-state index is -1.02. The van der Waals surface area contributed by atoms with Gasteiger partial charge in [0, 0.05) is 24.2 Å². The van der Waals surface area contributed by atoms with Crippen molar-refractivity contribution in [1.82, 2.24) is 34.6 Å². The van der Waals surface area contributed by atoms with Gasteiger partial charge in [-0.25, -0.2) is 23.5 Å². The maximum atomic E-state index is 15.6. The average molecular weight is 731 g/mol. The van der Waals surface area contributed by atoms with E-state index in [1.807, 2.05) is 25.7 Å². The van der Waals surface area contributed by atoms with Gasteiger partial charge in [-0.3, -0.25) is 14.5 Å². The van der Waals surface area contributed by atoms with E-state index in [9.17, 15) is 14.4 Å². The van der Waals surface area contributed by atoms with Gasteiger partial charge in [0.2, 0.25) is 5.91 Å². The van der Waals surface area contributed by atoms with Crippen molar-refractivity contribution in [2.75, 3.05) is 26.2 Å². The predicted octanol–water partition coefficient (Wildman–Crippen LogP) is 6.59. The molecule has 2 saturated heterocycles. The van der Waals surface area contributed by atoms with E-state index < -0.39 is 29.9 Å². The second-order valence-electron chi connectivity index (χ2n) is 14.1. The second-order valence-corrected chi connectivity index (χ2v) is 14.1. The van der Waals surface area contributed by atoms with Gasteiger partial charge in [0.1, 0.15) is 23.3 Å². The highest BCUT2D eigenvalue weighted by atomic mass is 19.1. The largest absolute Gasteiger partial charge is 0.436 e. The molecule has 53 heavy (non-hydrogen) atoms. The van der Waals surface area contributed by atoms with Gasteiger partial charge < -0.3 is 30.2 Å². The lowest BCUT2D eigenvalue weighted by Gasteiger charge is -2.31. The second kappa shape index (κ2) is 15.9. The number of aromatic amines is 2. The summed E-state index contributed by atoms with van der Waals surface area (Å²) in [5.41, 5.74) is 7.73. The van der Waals surface area contributed by atoms with Crippen molar-refractivity contribution in [1.29, 1.82) is 0 Å². The Labute approximate surface area is 308 Å². The molecule has 2 aliphatic heterocycles. The Morgan fingerprint density at radius 2 is 1.30 bits per heavy atom. The van der Waals surface area contributed by atoms with E-state index in [1.54, 1.807) is 49.2 Å². The van der Waals surface area contributed by atoms with Crippen LogP contribution in [0.4, 0.5) is 13.6 Å². The Bertz CT molecular complexity index is 1960. The van der Waals surface area contributed by atoms with Crippen molar-refractivity contribution < 1.29 is 27.9 Å². The van der Waals surface area contributed by atoms with Crippen molar-refractivity contribution in [2.24, 2.45) is 11.7 Å². The van der Waals surface area contributed by atoms with E-state index in [1.165, 1.54) is 18.3 Å². The number of aromatic nitrogens is 4. The Hall–Kier alpha value is -5.11. The van der Waals surface area contributed by atoms with Crippen LogP contribution in [0.3, 0.4) is 0 Å². The van der Waals surface area contributed by atoms with E-state index >= 15 is 8.78 Å². The Kier molecular flexibility index (Phi) is 11.3. The SMILES string of the molecule is CCN(CC)[C@H](C)C(=O)N1CCC[C@H]1c1ncc(-c2ccc(-c3ccc(-c4cnc([C@@H]5CCCN5C(=O)[C@@H](OC(N)=O)C(C)C)[nH]4)c(F)c3)cc2F)[nH]1. The topological polar surface area (TPSA) is 154 Å². The van der Waals surface area contributed by atoms with Crippen molar-refractivity contribution in [3.8, 4) is 33.6 Å². The zero-order valence-corrected chi connectivity index (χ0v) is 30.9. The number of nitrogens with two attached hydrogens (primary N) is 1. The molecule has 0 spiro atoms. The zero-order chi connectivity index (χ0) is 38.0. The number of H-pyrrole nitrogens is 2. The minimum Gasteiger partial charge on any atom is -0.436 e. The number of ether oxygens (including phenoxy) is 1. The van der Waals surface area contributed by atoms with Crippen molar-refractivity contribution in [3.05, 3.63) is 72.1 Å². The maximum absolute atomic E-state index is 15.6. The summed E-state index contributed by atoms with van der Waals surface area (Å²) in [7, 11) is 0. The average Bonchev–Trinajstić information content (AvgIpc) is 3.97. The van der Waals surface area contributed by atoms with Crippen LogP contribution in [-0.2, 0) is 14.3 Å². The van der Waals surface area contributed by atoms with E-state index in [2.05, 4.69) is 24.8 Å². The Balaban J connectivity index is 1.16. The van der Waals surface area contributed by atoms with Gasteiger partial charge in [-0.1, -0.05) is 39.8 Å². The number of likely N-dealkylation sites (tertiary alicyclic amines) is 2. The summed E-state index contributed by atoms with van der Waals surface area (Å²) in [6.07, 6.45) is 4.09. The molecule has 4 atom stereocenters. The van der Waals surface area contributed by atoms with Gasteiger partial charge in [-0.05, 0) is 87.0 Å². The standard InChI is InChI=1S/C39H48F2N8O4/c1-6-47(7-2)23(5)37(50)48-16-8-10-32(48)35-43-20-30(45-35)26-14-12-24(18-28(26)40)25-13-15-27(29(41)19-25)31-21-44-36(46-31)33-11-9-17-49(33)38(51)34(22(3)4)53-39(42)52/h12-15,18-23,32-34H,6-11,16-17H2,1-5H3,(H2,42,52)(H,43,45)(H,44,46)/t23-,32+,33+,34+/m1/s1. The first-order valence-electron chi connectivity index (χ1n) is 18.4. The maximum Gasteiger partial charge on any atom is 0.405 e. The van der Waals surface area contributed by atoms with Crippen molar-refractivity contribution in [2.45, 2.75) is 84.5 Å². The molecule has 0 aliphatic carbocycles. The van der Waals surface area contributed by atoms with Gasteiger partial charge in [-0.15, -0.1) is 0 Å². The molecular formula is C39H48F2N8O4. The van der Waals surface area contributed by atoms with E-state index in [0.29, 0.717) is 59.2 Å². The zero-order valence-electron chi connectivity index (χ0n) is 30.9. The number of carbonyl (C=O) groups is 3. The molecule has 2 fully saturated rings. The highest BCUT2D eigenvalue weighted by Crippen LogP contribution is 2.36. The number of primary amides is 1. The molecule has 2 aromatic heterocycles. The fraction of sp³-hybridized carbons (Fsp3) is 0.462. The van der Waals surface area contributed by atoms with E-state index in [4.69, 9.17) is 10.5 Å². The van der Waals surface area contributed by atoms with Gasteiger partial charge in [0.15, 0.2) is 6.10 Å². The van der Waals surface area contributed by atoms with E-state index in [0.717, 1.165) is 32.4 Å². The molecule has 282 valence electrons. The highest BCUT2D eigenvalue weighted by Gasteiger charge is 2.39. The van der Waals surface area contributed by atoms with Gasteiger partial charge >= 0.3 is 6.09 Å². The molecular weight excluding hydrogens is 682 g/mol. The number of hydrogen-bond donors (Lipinski definition) is 3. The Morgan fingerprint density at radius 1 is 0.830 bits per heavy atom. The number of imidazole rings is 2. The first-order chi connectivity index (χ1) is 25.4. The first-order valence-corrected chi connectivity index (χ1v) is 18.4. The van der Waals surface area contributed by atoms with Gasteiger partial charge in [0.05, 0.1) is 41.9 Å². The molecule has 4 N–H and O–H groups in total. The summed E-state index contributed by atoms with van der Waals surface area (Å²) < 4.78 is 36.4. The number of halogens is 2. The first kappa shape index (κ1) is 37.6. The smallest absolute Gasteiger partial charge is 0.405 e. The number of hydrogen-bond acceptors (Lipinski definition) is 7. The third-order valence-corrected chi connectivity index (χ3v) is 10.6. The summed E-state index contributed by atoms with van der Waals surface area (Å²) >= 11 is 0. The van der Waals surface area contributed by atoms with Gasteiger partial charge in [0.25, 0.3) is 5.91 Å². The molecule has 0 bridgehead atoms. The van der Waals surface area contributed by atoms with Crippen LogP contribution < -0.4 is 5.73 Å². The number of carbonyl (C=O) groups excluding carboxylic acids is 3. The molecule has 0 unspecified atom stereocenters. The molecule has 2 aromatic carbocycles. The predicted molar refractivity (Wildman–Crippen MR) is 196 cm³/mol. The number of benzene rings is 2. The molecule has 4 aromatic rings. The minimum absolute atomic E-state index is 0.0666.